The molecule has 0 atom stereocenters. The molecule has 0 bridgehead atoms. The van der Waals surface area contributed by atoms with Crippen molar-refractivity contribution < 1.29 is 14.7 Å². The number of urea groups is 1. The average molecular weight is 242 g/mol. The third-order valence-corrected chi connectivity index (χ3v) is 3.33. The second-order valence-corrected chi connectivity index (χ2v) is 5.06. The molecule has 0 aliphatic heterocycles. The zero-order valence-corrected chi connectivity index (χ0v) is 10.8. The number of carbonyl (C=O) groups excluding carboxylic acids is 1. The van der Waals surface area contributed by atoms with Crippen LogP contribution in [-0.2, 0) is 4.79 Å². The lowest BCUT2D eigenvalue weighted by Gasteiger charge is -2.33. The molecule has 0 saturated heterocycles. The Kier molecular flexibility index (Phi) is 4.78. The van der Waals surface area contributed by atoms with Crippen LogP contribution < -0.4 is 5.32 Å². The lowest BCUT2D eigenvalue weighted by molar-refractivity contribution is -0.143. The number of hydrogen-bond acceptors (Lipinski definition) is 2. The monoisotopic (exact) mass is 242 g/mol. The Hall–Kier alpha value is -1.26. The van der Waals surface area contributed by atoms with Crippen molar-refractivity contribution in [2.24, 2.45) is 5.92 Å². The van der Waals surface area contributed by atoms with E-state index in [1.807, 2.05) is 13.8 Å². The van der Waals surface area contributed by atoms with Crippen LogP contribution in [0.2, 0.25) is 0 Å². The third-order valence-electron chi connectivity index (χ3n) is 3.33. The van der Waals surface area contributed by atoms with Crippen LogP contribution in [0.3, 0.4) is 0 Å². The maximum Gasteiger partial charge on any atom is 0.317 e. The third kappa shape index (κ3) is 3.91. The average Bonchev–Trinajstić information content (AvgIpc) is 2.27. The molecule has 1 aliphatic carbocycles. The fourth-order valence-corrected chi connectivity index (χ4v) is 2.22. The van der Waals surface area contributed by atoms with Gasteiger partial charge in [0.2, 0.25) is 0 Å². The Balaban J connectivity index is 2.42. The van der Waals surface area contributed by atoms with E-state index in [0.717, 1.165) is 12.8 Å². The fourth-order valence-electron chi connectivity index (χ4n) is 2.22. The summed E-state index contributed by atoms with van der Waals surface area (Å²) < 4.78 is 0. The van der Waals surface area contributed by atoms with Gasteiger partial charge in [0.1, 0.15) is 0 Å². The summed E-state index contributed by atoms with van der Waals surface area (Å²) in [4.78, 5) is 24.3. The van der Waals surface area contributed by atoms with E-state index in [-0.39, 0.29) is 24.0 Å². The maximum absolute atomic E-state index is 11.8. The molecule has 5 nitrogen and oxygen atoms in total. The van der Waals surface area contributed by atoms with Crippen molar-refractivity contribution in [3.63, 3.8) is 0 Å². The van der Waals surface area contributed by atoms with Gasteiger partial charge < -0.3 is 15.3 Å². The molecule has 0 heterocycles. The van der Waals surface area contributed by atoms with Crippen molar-refractivity contribution >= 4 is 12.0 Å². The highest BCUT2D eigenvalue weighted by Crippen LogP contribution is 2.27. The van der Waals surface area contributed by atoms with Gasteiger partial charge in [-0.2, -0.15) is 0 Å². The van der Waals surface area contributed by atoms with Gasteiger partial charge in [-0.25, -0.2) is 4.79 Å². The molecular weight excluding hydrogens is 220 g/mol. The van der Waals surface area contributed by atoms with Crippen LogP contribution in [0.25, 0.3) is 0 Å². The highest BCUT2D eigenvalue weighted by atomic mass is 16.4. The summed E-state index contributed by atoms with van der Waals surface area (Å²) in [5.74, 6) is -0.939. The number of carboxylic acid groups (broad SMARTS) is 1. The Morgan fingerprint density at radius 1 is 1.24 bits per heavy atom. The van der Waals surface area contributed by atoms with Gasteiger partial charge in [-0.15, -0.1) is 0 Å². The van der Waals surface area contributed by atoms with Crippen LogP contribution in [0.4, 0.5) is 4.79 Å². The quantitative estimate of drug-likeness (QED) is 0.791. The first-order valence-electron chi connectivity index (χ1n) is 6.18. The van der Waals surface area contributed by atoms with Crippen LogP contribution >= 0.6 is 0 Å². The molecule has 0 aromatic rings. The second kappa shape index (κ2) is 5.89. The number of aliphatic carboxylic acids is 1. The van der Waals surface area contributed by atoms with E-state index in [9.17, 15) is 9.59 Å². The number of rotatable bonds is 3. The topological polar surface area (TPSA) is 69.6 Å². The van der Waals surface area contributed by atoms with Crippen LogP contribution in [0.5, 0.6) is 0 Å². The van der Waals surface area contributed by atoms with Gasteiger partial charge >= 0.3 is 12.0 Å². The van der Waals surface area contributed by atoms with Gasteiger partial charge in [0, 0.05) is 19.1 Å². The zero-order chi connectivity index (χ0) is 13.0. The molecule has 1 aliphatic rings. The number of carbonyl (C=O) groups is 2. The first-order valence-corrected chi connectivity index (χ1v) is 6.18. The molecule has 0 unspecified atom stereocenters. The van der Waals surface area contributed by atoms with E-state index in [1.165, 1.54) is 0 Å². The van der Waals surface area contributed by atoms with E-state index in [0.29, 0.717) is 12.8 Å². The maximum atomic E-state index is 11.8. The summed E-state index contributed by atoms with van der Waals surface area (Å²) in [6.45, 7) is 3.85. The molecule has 1 rings (SSSR count). The Bertz CT molecular complexity index is 283. The van der Waals surface area contributed by atoms with E-state index in [1.54, 1.807) is 11.9 Å². The molecule has 0 aromatic heterocycles. The molecule has 17 heavy (non-hydrogen) atoms. The highest BCUT2D eigenvalue weighted by molar-refractivity contribution is 5.74. The first kappa shape index (κ1) is 13.8. The van der Waals surface area contributed by atoms with Gasteiger partial charge in [-0.3, -0.25) is 4.79 Å². The molecule has 0 spiro atoms. The Morgan fingerprint density at radius 2 is 1.76 bits per heavy atom. The van der Waals surface area contributed by atoms with E-state index in [4.69, 9.17) is 5.11 Å². The summed E-state index contributed by atoms with van der Waals surface area (Å²) in [6.07, 6.45) is 2.89. The Morgan fingerprint density at radius 3 is 2.18 bits per heavy atom. The predicted octanol–water partition coefficient (Wildman–Crippen LogP) is 1.68. The molecular formula is C12H22N2O3. The minimum Gasteiger partial charge on any atom is -0.481 e. The minimum absolute atomic E-state index is 0.0706. The van der Waals surface area contributed by atoms with Gasteiger partial charge in [-0.1, -0.05) is 0 Å². The van der Waals surface area contributed by atoms with E-state index < -0.39 is 5.97 Å². The number of nitrogens with one attached hydrogen (secondary N) is 1. The molecule has 1 saturated carbocycles. The van der Waals surface area contributed by atoms with Crippen LogP contribution in [0, 0.1) is 5.92 Å². The van der Waals surface area contributed by atoms with Crippen LogP contribution in [0.15, 0.2) is 0 Å². The minimum atomic E-state index is -0.710. The molecule has 2 amide bonds. The van der Waals surface area contributed by atoms with Crippen molar-refractivity contribution in [1.82, 2.24) is 10.2 Å². The van der Waals surface area contributed by atoms with Gasteiger partial charge in [0.15, 0.2) is 0 Å². The highest BCUT2D eigenvalue weighted by Gasteiger charge is 2.29. The van der Waals surface area contributed by atoms with Gasteiger partial charge in [-0.05, 0) is 39.5 Å². The summed E-state index contributed by atoms with van der Waals surface area (Å²) in [6, 6.07) is 0.225. The van der Waals surface area contributed by atoms with Gasteiger partial charge in [0.25, 0.3) is 0 Å². The standard InChI is InChI=1S/C12H22N2O3/c1-8(2)13-12(17)14(3)10-6-4-9(5-7-10)11(15)16/h8-10H,4-7H2,1-3H3,(H,13,17)(H,15,16). The lowest BCUT2D eigenvalue weighted by atomic mass is 9.85. The lowest BCUT2D eigenvalue weighted by Crippen LogP contribution is -2.47. The zero-order valence-electron chi connectivity index (χ0n) is 10.8. The number of hydrogen-bond donors (Lipinski definition) is 2. The summed E-state index contributed by atoms with van der Waals surface area (Å²) >= 11 is 0. The predicted molar refractivity (Wildman–Crippen MR) is 64.8 cm³/mol. The number of carboxylic acids is 1. The van der Waals surface area contributed by atoms with Crippen molar-refractivity contribution in [1.29, 1.82) is 0 Å². The molecule has 5 heteroatoms. The van der Waals surface area contributed by atoms with Crippen molar-refractivity contribution in [3.8, 4) is 0 Å². The number of nitrogens with zero attached hydrogens (tertiary/aromatic N) is 1. The molecule has 0 radical (unpaired) electrons. The molecule has 1 fully saturated rings. The second-order valence-electron chi connectivity index (χ2n) is 5.06. The molecule has 2 N–H and O–H groups in total. The van der Waals surface area contributed by atoms with Crippen molar-refractivity contribution in [2.45, 2.75) is 51.6 Å². The van der Waals surface area contributed by atoms with Gasteiger partial charge in [0.05, 0.1) is 5.92 Å². The smallest absolute Gasteiger partial charge is 0.317 e. The van der Waals surface area contributed by atoms with Crippen molar-refractivity contribution in [2.75, 3.05) is 7.05 Å². The van der Waals surface area contributed by atoms with Crippen LogP contribution in [-0.4, -0.2) is 41.1 Å². The summed E-state index contributed by atoms with van der Waals surface area (Å²) in [5.41, 5.74) is 0. The summed E-state index contributed by atoms with van der Waals surface area (Å²) in [7, 11) is 1.78. The number of amides is 2. The SMILES string of the molecule is CC(C)NC(=O)N(C)C1CCC(C(=O)O)CC1. The summed E-state index contributed by atoms with van der Waals surface area (Å²) in [5, 5.41) is 11.7. The molecule has 0 aromatic carbocycles. The Labute approximate surface area is 102 Å². The normalized spacial score (nSPS) is 24.5. The molecule has 98 valence electrons. The van der Waals surface area contributed by atoms with Crippen molar-refractivity contribution in [3.05, 3.63) is 0 Å². The first-order chi connectivity index (χ1) is 7.91. The van der Waals surface area contributed by atoms with Crippen LogP contribution in [0.1, 0.15) is 39.5 Å². The fraction of sp³-hybridized carbons (Fsp3) is 0.833. The largest absolute Gasteiger partial charge is 0.481 e. The van der Waals surface area contributed by atoms with E-state index >= 15 is 0 Å². The van der Waals surface area contributed by atoms with E-state index in [2.05, 4.69) is 5.32 Å².